The number of H-pyrrole nitrogens is 1. The van der Waals surface area contributed by atoms with Crippen LogP contribution in [0, 0.1) is 0 Å². The normalized spacial score (nSPS) is 17.6. The first kappa shape index (κ1) is 19.6. The van der Waals surface area contributed by atoms with Crippen LogP contribution in [0.15, 0.2) is 29.1 Å². The molecule has 2 aliphatic rings. The number of hydrogen-bond donors (Lipinski definition) is 2. The molecule has 3 heterocycles. The Morgan fingerprint density at radius 3 is 2.62 bits per heavy atom. The summed E-state index contributed by atoms with van der Waals surface area (Å²) in [5, 5.41) is 15.0. The summed E-state index contributed by atoms with van der Waals surface area (Å²) < 4.78 is 7.22. The molecule has 0 saturated carbocycles. The molecular formula is C25H28N4O3. The summed E-state index contributed by atoms with van der Waals surface area (Å²) in [7, 11) is 3.78. The van der Waals surface area contributed by atoms with Gasteiger partial charge in [-0.15, -0.1) is 0 Å². The first-order valence-electron chi connectivity index (χ1n) is 11.4. The van der Waals surface area contributed by atoms with E-state index < -0.39 is 0 Å². The highest BCUT2D eigenvalue weighted by atomic mass is 16.5. The van der Waals surface area contributed by atoms with Gasteiger partial charge in [0.1, 0.15) is 5.75 Å². The van der Waals surface area contributed by atoms with E-state index >= 15 is 0 Å². The van der Waals surface area contributed by atoms with Crippen LogP contribution >= 0.6 is 0 Å². The zero-order chi connectivity index (χ0) is 22.0. The predicted octanol–water partition coefficient (Wildman–Crippen LogP) is 3.04. The van der Waals surface area contributed by atoms with E-state index in [4.69, 9.17) is 4.74 Å². The molecule has 2 aromatic heterocycles. The number of aromatic amines is 1. The Kier molecular flexibility index (Phi) is 4.45. The average molecular weight is 433 g/mol. The van der Waals surface area contributed by atoms with Crippen molar-refractivity contribution in [2.45, 2.75) is 25.9 Å². The molecule has 2 N–H and O–H groups in total. The van der Waals surface area contributed by atoms with Crippen LogP contribution in [0.5, 0.6) is 11.6 Å². The molecule has 0 atom stereocenters. The van der Waals surface area contributed by atoms with Gasteiger partial charge in [-0.05, 0) is 49.6 Å². The minimum Gasteiger partial charge on any atom is -0.496 e. The second-order valence-electron chi connectivity index (χ2n) is 9.15. The van der Waals surface area contributed by atoms with Gasteiger partial charge in [0.05, 0.1) is 24.8 Å². The lowest BCUT2D eigenvalue weighted by Gasteiger charge is -2.32. The highest BCUT2D eigenvalue weighted by Gasteiger charge is 2.27. The molecule has 4 aromatic rings. The summed E-state index contributed by atoms with van der Waals surface area (Å²) in [5.74, 6) is 0.866. The Balaban J connectivity index is 1.65. The second-order valence-corrected chi connectivity index (χ2v) is 9.15. The number of nitrogens with one attached hydrogen (secondary N) is 1. The molecule has 0 radical (unpaired) electrons. The Morgan fingerprint density at radius 2 is 1.84 bits per heavy atom. The molecule has 32 heavy (non-hydrogen) atoms. The molecule has 1 aliphatic carbocycles. The fourth-order valence-electron chi connectivity index (χ4n) is 5.63. The third kappa shape index (κ3) is 2.77. The number of nitrogens with zero attached hydrogens (tertiary/aromatic N) is 3. The maximum atomic E-state index is 13.3. The van der Waals surface area contributed by atoms with Crippen molar-refractivity contribution in [2.75, 3.05) is 40.3 Å². The van der Waals surface area contributed by atoms with Crippen molar-refractivity contribution in [1.82, 2.24) is 19.4 Å². The number of aromatic hydroxyl groups is 1. The zero-order valence-corrected chi connectivity index (χ0v) is 18.6. The molecule has 166 valence electrons. The summed E-state index contributed by atoms with van der Waals surface area (Å²) >= 11 is 0. The number of benzene rings is 2. The van der Waals surface area contributed by atoms with Crippen molar-refractivity contribution < 1.29 is 9.84 Å². The number of fused-ring (bicyclic) bond motifs is 8. The van der Waals surface area contributed by atoms with Crippen LogP contribution in [-0.2, 0) is 19.5 Å². The SMILES string of the molecule is COc1cccc2[nH]c3c4c(c5c(O)n(CN6CCN(C)CC6)c(=O)cc5c3c12)CCC4. The number of likely N-dealkylation sites (N-methyl/N-ethyl adjacent to an activating group) is 1. The molecule has 0 unspecified atom stereocenters. The van der Waals surface area contributed by atoms with Gasteiger partial charge in [-0.1, -0.05) is 6.07 Å². The maximum absolute atomic E-state index is 13.3. The van der Waals surface area contributed by atoms with Gasteiger partial charge in [-0.25, -0.2) is 0 Å². The first-order valence-corrected chi connectivity index (χ1v) is 11.4. The van der Waals surface area contributed by atoms with Crippen LogP contribution in [0.3, 0.4) is 0 Å². The van der Waals surface area contributed by atoms with Gasteiger partial charge >= 0.3 is 0 Å². The monoisotopic (exact) mass is 432 g/mol. The molecule has 0 bridgehead atoms. The number of hydrogen-bond acceptors (Lipinski definition) is 5. The van der Waals surface area contributed by atoms with Crippen molar-refractivity contribution in [3.05, 3.63) is 45.7 Å². The van der Waals surface area contributed by atoms with Gasteiger partial charge in [0.2, 0.25) is 5.88 Å². The summed E-state index contributed by atoms with van der Waals surface area (Å²) in [6.07, 6.45) is 2.93. The Labute approximate surface area is 185 Å². The molecule has 7 heteroatoms. The molecule has 6 rings (SSSR count). The smallest absolute Gasteiger partial charge is 0.255 e. The highest BCUT2D eigenvalue weighted by Crippen LogP contribution is 2.45. The number of rotatable bonds is 3. The predicted molar refractivity (Wildman–Crippen MR) is 127 cm³/mol. The zero-order valence-electron chi connectivity index (χ0n) is 18.6. The minimum absolute atomic E-state index is 0.0933. The summed E-state index contributed by atoms with van der Waals surface area (Å²) in [5.41, 5.74) is 4.31. The lowest BCUT2D eigenvalue weighted by molar-refractivity contribution is 0.119. The van der Waals surface area contributed by atoms with E-state index in [0.29, 0.717) is 6.67 Å². The third-order valence-corrected chi connectivity index (χ3v) is 7.32. The van der Waals surface area contributed by atoms with E-state index in [1.807, 2.05) is 18.2 Å². The van der Waals surface area contributed by atoms with Gasteiger partial charge in [-0.3, -0.25) is 14.3 Å². The van der Waals surface area contributed by atoms with Crippen molar-refractivity contribution >= 4 is 32.6 Å². The number of piperazine rings is 1. The van der Waals surface area contributed by atoms with Crippen molar-refractivity contribution in [2.24, 2.45) is 0 Å². The van der Waals surface area contributed by atoms with Crippen molar-refractivity contribution in [3.63, 3.8) is 0 Å². The van der Waals surface area contributed by atoms with Crippen LogP contribution in [0.1, 0.15) is 17.5 Å². The molecule has 2 aromatic carbocycles. The van der Waals surface area contributed by atoms with Gasteiger partial charge in [0, 0.05) is 53.8 Å². The second kappa shape index (κ2) is 7.25. The Morgan fingerprint density at radius 1 is 1.06 bits per heavy atom. The fourth-order valence-corrected chi connectivity index (χ4v) is 5.63. The Hall–Kier alpha value is -3.03. The standard InChI is InChI=1S/C25H28N4O3/c1-27-9-11-28(12-10-27)14-29-20(30)13-17-21(25(29)31)15-5-3-6-16(15)24-22(17)23-18(26-24)7-4-8-19(23)32-2/h4,7-8,13,26,31H,3,5-6,9-12,14H2,1-2H3. The number of ether oxygens (including phenoxy) is 1. The molecule has 1 fully saturated rings. The summed E-state index contributed by atoms with van der Waals surface area (Å²) in [6, 6.07) is 7.67. The quantitative estimate of drug-likeness (QED) is 0.521. The summed E-state index contributed by atoms with van der Waals surface area (Å²) in [4.78, 5) is 21.4. The number of pyridine rings is 1. The first-order chi connectivity index (χ1) is 15.6. The molecule has 0 spiro atoms. The van der Waals surface area contributed by atoms with E-state index in [9.17, 15) is 9.90 Å². The van der Waals surface area contributed by atoms with E-state index in [1.165, 1.54) is 11.1 Å². The van der Waals surface area contributed by atoms with Gasteiger partial charge in [0.25, 0.3) is 5.56 Å². The lowest BCUT2D eigenvalue weighted by atomic mass is 9.96. The van der Waals surface area contributed by atoms with E-state index in [0.717, 1.165) is 83.8 Å². The number of aryl methyl sites for hydroxylation is 2. The third-order valence-electron chi connectivity index (χ3n) is 7.32. The maximum Gasteiger partial charge on any atom is 0.255 e. The van der Waals surface area contributed by atoms with Crippen molar-refractivity contribution in [3.8, 4) is 11.6 Å². The molecular weight excluding hydrogens is 404 g/mol. The topological polar surface area (TPSA) is 73.7 Å². The van der Waals surface area contributed by atoms with Crippen LogP contribution in [0.4, 0.5) is 0 Å². The molecule has 1 aliphatic heterocycles. The number of methoxy groups -OCH3 is 1. The van der Waals surface area contributed by atoms with Gasteiger partial charge < -0.3 is 19.7 Å². The van der Waals surface area contributed by atoms with Crippen LogP contribution in [0.2, 0.25) is 0 Å². The van der Waals surface area contributed by atoms with Crippen LogP contribution < -0.4 is 10.3 Å². The fraction of sp³-hybridized carbons (Fsp3) is 0.400. The lowest BCUT2D eigenvalue weighted by Crippen LogP contribution is -2.46. The van der Waals surface area contributed by atoms with E-state index in [1.54, 1.807) is 17.7 Å². The Bertz CT molecular complexity index is 1430. The van der Waals surface area contributed by atoms with E-state index in [2.05, 4.69) is 21.8 Å². The highest BCUT2D eigenvalue weighted by molar-refractivity contribution is 6.24. The average Bonchev–Trinajstić information content (AvgIpc) is 3.42. The van der Waals surface area contributed by atoms with Crippen LogP contribution in [0.25, 0.3) is 32.6 Å². The molecule has 1 saturated heterocycles. The van der Waals surface area contributed by atoms with Crippen LogP contribution in [-0.4, -0.2) is 64.8 Å². The molecule has 0 amide bonds. The summed E-state index contributed by atoms with van der Waals surface area (Å²) in [6.45, 7) is 4.12. The largest absolute Gasteiger partial charge is 0.496 e. The van der Waals surface area contributed by atoms with E-state index in [-0.39, 0.29) is 11.4 Å². The van der Waals surface area contributed by atoms with Crippen molar-refractivity contribution in [1.29, 1.82) is 0 Å². The molecule has 7 nitrogen and oxygen atoms in total. The minimum atomic E-state index is -0.169. The number of aromatic nitrogens is 2. The van der Waals surface area contributed by atoms with Gasteiger partial charge in [0.15, 0.2) is 0 Å². The van der Waals surface area contributed by atoms with Gasteiger partial charge in [-0.2, -0.15) is 0 Å².